The number of hydrogen-bond donors (Lipinski definition) is 0. The average Bonchev–Trinajstić information content (AvgIpc) is 2.05. The molecule has 0 atom stereocenters. The van der Waals surface area contributed by atoms with Crippen molar-refractivity contribution in [3.8, 4) is 0 Å². The summed E-state index contributed by atoms with van der Waals surface area (Å²) in [7, 11) is 0. The van der Waals surface area contributed by atoms with Crippen LogP contribution in [-0.4, -0.2) is 36.1 Å². The Morgan fingerprint density at radius 1 is 0.611 bits per heavy atom. The first kappa shape index (κ1) is 17.9. The van der Waals surface area contributed by atoms with Crippen LogP contribution in [0.25, 0.3) is 0 Å². The van der Waals surface area contributed by atoms with Gasteiger partial charge in [-0.15, -0.1) is 0 Å². The van der Waals surface area contributed by atoms with Crippen LogP contribution in [0, 0.1) is 0 Å². The van der Waals surface area contributed by atoms with Gasteiger partial charge in [-0.25, -0.2) is 0 Å². The molecule has 0 aliphatic heterocycles. The zero-order valence-electron chi connectivity index (χ0n) is 13.7. The first-order valence-corrected chi connectivity index (χ1v) is 6.74. The van der Waals surface area contributed by atoms with Crippen LogP contribution in [0.3, 0.4) is 0 Å². The summed E-state index contributed by atoms with van der Waals surface area (Å²) in [6, 6.07) is 0. The van der Waals surface area contributed by atoms with Gasteiger partial charge in [0.1, 0.15) is 6.10 Å². The van der Waals surface area contributed by atoms with Crippen LogP contribution >= 0.6 is 0 Å². The lowest BCUT2D eigenvalue weighted by Gasteiger charge is -2.32. The summed E-state index contributed by atoms with van der Waals surface area (Å²) in [5.41, 5.74) is -0.490. The Kier molecular flexibility index (Phi) is 6.31. The van der Waals surface area contributed by atoms with Crippen molar-refractivity contribution >= 4 is 0 Å². The summed E-state index contributed by atoms with van der Waals surface area (Å²) in [6.45, 7) is 19.5. The van der Waals surface area contributed by atoms with Gasteiger partial charge in [0.2, 0.25) is 0 Å². The van der Waals surface area contributed by atoms with E-state index in [0.29, 0.717) is 13.2 Å². The molecule has 0 rings (SSSR count). The molecule has 0 fully saturated rings. The largest absolute Gasteiger partial charge is 0.373 e. The fraction of sp³-hybridized carbons (Fsp3) is 1.00. The smallest absolute Gasteiger partial charge is 0.105 e. The van der Waals surface area contributed by atoms with Gasteiger partial charge in [-0.1, -0.05) is 0 Å². The SMILES string of the molecule is CC(C)(C)OCC(COC(C)(C)C)OC(C)(C)C. The van der Waals surface area contributed by atoms with E-state index in [2.05, 4.69) is 0 Å². The zero-order chi connectivity index (χ0) is 14.6. The van der Waals surface area contributed by atoms with E-state index in [1.54, 1.807) is 0 Å². The maximum absolute atomic E-state index is 5.98. The van der Waals surface area contributed by atoms with Crippen LogP contribution in [0.5, 0.6) is 0 Å². The Balaban J connectivity index is 4.35. The quantitative estimate of drug-likeness (QED) is 0.752. The Morgan fingerprint density at radius 2 is 0.944 bits per heavy atom. The van der Waals surface area contributed by atoms with Crippen LogP contribution in [0.15, 0.2) is 0 Å². The third-order valence-corrected chi connectivity index (χ3v) is 1.92. The van der Waals surface area contributed by atoms with Gasteiger partial charge in [0.15, 0.2) is 0 Å². The third-order valence-electron chi connectivity index (χ3n) is 1.92. The highest BCUT2D eigenvalue weighted by molar-refractivity contribution is 4.70. The van der Waals surface area contributed by atoms with Gasteiger partial charge in [-0.3, -0.25) is 0 Å². The molecular formula is C15H32O3. The van der Waals surface area contributed by atoms with E-state index in [1.807, 2.05) is 62.3 Å². The van der Waals surface area contributed by atoms with Crippen LogP contribution in [0.4, 0.5) is 0 Å². The van der Waals surface area contributed by atoms with E-state index in [0.717, 1.165) is 0 Å². The normalized spacial score (nSPS) is 14.3. The minimum atomic E-state index is -0.187. The molecule has 0 unspecified atom stereocenters. The van der Waals surface area contributed by atoms with Crippen molar-refractivity contribution in [3.63, 3.8) is 0 Å². The molecule has 0 bridgehead atoms. The molecule has 0 radical (unpaired) electrons. The lowest BCUT2D eigenvalue weighted by molar-refractivity contribution is -0.156. The highest BCUT2D eigenvalue weighted by Gasteiger charge is 2.23. The average molecular weight is 260 g/mol. The first-order valence-electron chi connectivity index (χ1n) is 6.74. The van der Waals surface area contributed by atoms with E-state index >= 15 is 0 Å². The molecule has 0 amide bonds. The van der Waals surface area contributed by atoms with E-state index in [4.69, 9.17) is 14.2 Å². The van der Waals surface area contributed by atoms with E-state index in [9.17, 15) is 0 Å². The monoisotopic (exact) mass is 260 g/mol. The maximum Gasteiger partial charge on any atom is 0.105 e. The van der Waals surface area contributed by atoms with Crippen LogP contribution < -0.4 is 0 Å². The molecule has 0 spiro atoms. The van der Waals surface area contributed by atoms with Gasteiger partial charge in [-0.05, 0) is 62.3 Å². The maximum atomic E-state index is 5.98. The summed E-state index contributed by atoms with van der Waals surface area (Å²) in [4.78, 5) is 0. The number of hydrogen-bond acceptors (Lipinski definition) is 3. The predicted molar refractivity (Wildman–Crippen MR) is 76.0 cm³/mol. The second-order valence-corrected chi connectivity index (χ2v) is 7.70. The van der Waals surface area contributed by atoms with Gasteiger partial charge in [-0.2, -0.15) is 0 Å². The van der Waals surface area contributed by atoms with Crippen molar-refractivity contribution in [1.82, 2.24) is 0 Å². The third kappa shape index (κ3) is 12.3. The lowest BCUT2D eigenvalue weighted by atomic mass is 10.1. The summed E-state index contributed by atoms with van der Waals surface area (Å²) in [6.07, 6.45) is -0.0385. The van der Waals surface area contributed by atoms with Crippen molar-refractivity contribution in [1.29, 1.82) is 0 Å². The fourth-order valence-corrected chi connectivity index (χ4v) is 1.30. The van der Waals surface area contributed by atoms with E-state index in [1.165, 1.54) is 0 Å². The molecule has 3 heteroatoms. The molecule has 0 aliphatic carbocycles. The van der Waals surface area contributed by atoms with Gasteiger partial charge in [0.25, 0.3) is 0 Å². The molecule has 0 saturated heterocycles. The fourth-order valence-electron chi connectivity index (χ4n) is 1.30. The Hall–Kier alpha value is -0.120. The molecule has 3 nitrogen and oxygen atoms in total. The lowest BCUT2D eigenvalue weighted by Crippen LogP contribution is -2.38. The van der Waals surface area contributed by atoms with Crippen molar-refractivity contribution in [2.45, 2.75) is 85.2 Å². The Labute approximate surface area is 113 Å². The molecule has 0 aliphatic rings. The first-order chi connectivity index (χ1) is 7.79. The van der Waals surface area contributed by atoms with Gasteiger partial charge >= 0.3 is 0 Å². The van der Waals surface area contributed by atoms with Crippen LogP contribution in [0.2, 0.25) is 0 Å². The summed E-state index contributed by atoms with van der Waals surface area (Å²) in [5.74, 6) is 0. The second kappa shape index (κ2) is 6.36. The standard InChI is InChI=1S/C15H32O3/c1-13(2,3)16-10-12(18-15(7,8)9)11-17-14(4,5)6/h12H,10-11H2,1-9H3. The van der Waals surface area contributed by atoms with Gasteiger partial charge in [0, 0.05) is 0 Å². The van der Waals surface area contributed by atoms with Crippen molar-refractivity contribution in [2.24, 2.45) is 0 Å². The number of rotatable bonds is 5. The van der Waals surface area contributed by atoms with Gasteiger partial charge < -0.3 is 14.2 Å². The van der Waals surface area contributed by atoms with Crippen molar-refractivity contribution in [2.75, 3.05) is 13.2 Å². The van der Waals surface area contributed by atoms with Crippen molar-refractivity contribution < 1.29 is 14.2 Å². The summed E-state index contributed by atoms with van der Waals surface area (Å²) >= 11 is 0. The van der Waals surface area contributed by atoms with E-state index < -0.39 is 0 Å². The van der Waals surface area contributed by atoms with Gasteiger partial charge in [0.05, 0.1) is 30.0 Å². The van der Waals surface area contributed by atoms with Crippen LogP contribution in [-0.2, 0) is 14.2 Å². The topological polar surface area (TPSA) is 27.7 Å². The predicted octanol–water partition coefficient (Wildman–Crippen LogP) is 3.80. The van der Waals surface area contributed by atoms with Crippen LogP contribution in [0.1, 0.15) is 62.3 Å². The minimum Gasteiger partial charge on any atom is -0.373 e. The molecule has 18 heavy (non-hydrogen) atoms. The molecular weight excluding hydrogens is 228 g/mol. The number of ether oxygens (including phenoxy) is 3. The van der Waals surface area contributed by atoms with Crippen molar-refractivity contribution in [3.05, 3.63) is 0 Å². The Bertz CT molecular complexity index is 210. The Morgan fingerprint density at radius 3 is 1.17 bits per heavy atom. The molecule has 0 heterocycles. The highest BCUT2D eigenvalue weighted by Crippen LogP contribution is 2.16. The second-order valence-electron chi connectivity index (χ2n) is 7.70. The zero-order valence-corrected chi connectivity index (χ0v) is 13.7. The molecule has 110 valence electrons. The molecule has 0 aromatic rings. The highest BCUT2D eigenvalue weighted by atomic mass is 16.6. The van der Waals surface area contributed by atoms with E-state index in [-0.39, 0.29) is 22.9 Å². The molecule has 0 saturated carbocycles. The summed E-state index contributed by atoms with van der Waals surface area (Å²) < 4.78 is 17.6. The molecule has 0 aromatic carbocycles. The molecule has 0 aromatic heterocycles. The summed E-state index contributed by atoms with van der Waals surface area (Å²) in [5, 5.41) is 0. The minimum absolute atomic E-state index is 0.0385. The molecule has 0 N–H and O–H groups in total.